The van der Waals surface area contributed by atoms with Crippen molar-refractivity contribution in [3.8, 4) is 5.75 Å². The predicted octanol–water partition coefficient (Wildman–Crippen LogP) is 3.69. The second-order valence-corrected chi connectivity index (χ2v) is 7.56. The Kier molecular flexibility index (Phi) is 10.5. The maximum atomic E-state index is 12.0. The topological polar surface area (TPSA) is 97.7 Å². The summed E-state index contributed by atoms with van der Waals surface area (Å²) in [5.41, 5.74) is 3.56. The highest BCUT2D eigenvalue weighted by molar-refractivity contribution is 14.0. The Labute approximate surface area is 198 Å². The lowest BCUT2D eigenvalue weighted by atomic mass is 10.1. The van der Waals surface area contributed by atoms with Crippen LogP contribution in [0.5, 0.6) is 5.75 Å². The Balaban J connectivity index is 0.00000450. The fraction of sp³-hybridized carbons (Fsp3) is 0.500. The number of hydrogen-bond donors (Lipinski definition) is 2. The normalized spacial score (nSPS) is 12.0. The Morgan fingerprint density at radius 1 is 1.33 bits per heavy atom. The van der Waals surface area contributed by atoms with Crippen molar-refractivity contribution in [2.45, 2.75) is 47.2 Å². The van der Waals surface area contributed by atoms with Gasteiger partial charge in [-0.05, 0) is 34.6 Å². The molecule has 10 heteroatoms. The Morgan fingerprint density at radius 2 is 2.03 bits per heavy atom. The lowest BCUT2D eigenvalue weighted by Crippen LogP contribution is -2.38. The van der Waals surface area contributed by atoms with Crippen LogP contribution in [0, 0.1) is 20.8 Å². The van der Waals surface area contributed by atoms with Crippen molar-refractivity contribution < 1.29 is 14.3 Å². The first kappa shape index (κ1) is 26.1. The van der Waals surface area contributed by atoms with Crippen LogP contribution in [0.1, 0.15) is 57.1 Å². The van der Waals surface area contributed by atoms with E-state index in [1.165, 1.54) is 11.3 Å². The molecule has 0 fully saturated rings. The van der Waals surface area contributed by atoms with E-state index >= 15 is 0 Å². The average molecular weight is 547 g/mol. The number of aliphatic imine (C=N–C) groups is 1. The standard InChI is InChI=1S/C20H29N5O3S.HI/c1-8-28-19(26)17-13(4)24-18(29-17)14(5)25-20(21-6)23-10-15-12(3)16(27-7)11(2)9-22-15;/h9,14H,8,10H2,1-7H3,(H2,21,23,25);1H. The zero-order valence-corrected chi connectivity index (χ0v) is 21.6. The van der Waals surface area contributed by atoms with Crippen molar-refractivity contribution in [3.05, 3.63) is 38.6 Å². The number of hydrogen-bond acceptors (Lipinski definition) is 7. The minimum atomic E-state index is -0.335. The number of ether oxygens (including phenoxy) is 2. The van der Waals surface area contributed by atoms with Gasteiger partial charge >= 0.3 is 5.97 Å². The third-order valence-corrected chi connectivity index (χ3v) is 5.71. The maximum Gasteiger partial charge on any atom is 0.350 e. The summed E-state index contributed by atoms with van der Waals surface area (Å²) in [6, 6.07) is -0.130. The number of methoxy groups -OCH3 is 1. The summed E-state index contributed by atoms with van der Waals surface area (Å²) >= 11 is 1.33. The summed E-state index contributed by atoms with van der Waals surface area (Å²) in [6.45, 7) is 10.4. The van der Waals surface area contributed by atoms with E-state index in [1.54, 1.807) is 27.3 Å². The highest BCUT2D eigenvalue weighted by Gasteiger charge is 2.20. The largest absolute Gasteiger partial charge is 0.496 e. The second-order valence-electron chi connectivity index (χ2n) is 6.53. The molecule has 0 aliphatic carbocycles. The number of esters is 1. The molecule has 2 rings (SSSR count). The molecule has 2 aromatic heterocycles. The molecule has 1 unspecified atom stereocenters. The van der Waals surface area contributed by atoms with Crippen molar-refractivity contribution >= 4 is 47.2 Å². The monoisotopic (exact) mass is 547 g/mol. The molecule has 8 nitrogen and oxygen atoms in total. The number of rotatable bonds is 7. The molecule has 166 valence electrons. The van der Waals surface area contributed by atoms with Crippen molar-refractivity contribution in [2.24, 2.45) is 4.99 Å². The van der Waals surface area contributed by atoms with E-state index in [0.29, 0.717) is 29.7 Å². The fourth-order valence-electron chi connectivity index (χ4n) is 2.87. The average Bonchev–Trinajstić information content (AvgIpc) is 3.08. The van der Waals surface area contributed by atoms with Gasteiger partial charge in [-0.15, -0.1) is 35.3 Å². The van der Waals surface area contributed by atoms with Gasteiger partial charge in [0.2, 0.25) is 0 Å². The molecule has 0 bridgehead atoms. The SMILES string of the molecule is CCOC(=O)c1sc(C(C)NC(=NC)NCc2ncc(C)c(OC)c2C)nc1C.I. The number of aryl methyl sites for hydroxylation is 2. The van der Waals surface area contributed by atoms with Gasteiger partial charge in [0.15, 0.2) is 5.96 Å². The number of halogens is 1. The van der Waals surface area contributed by atoms with Crippen LogP contribution in [0.15, 0.2) is 11.2 Å². The van der Waals surface area contributed by atoms with Crippen molar-refractivity contribution in [3.63, 3.8) is 0 Å². The van der Waals surface area contributed by atoms with Gasteiger partial charge in [-0.25, -0.2) is 9.78 Å². The Bertz CT molecular complexity index is 901. The smallest absolute Gasteiger partial charge is 0.350 e. The minimum Gasteiger partial charge on any atom is -0.496 e. The van der Waals surface area contributed by atoms with Crippen LogP contribution in [-0.2, 0) is 11.3 Å². The number of aromatic nitrogens is 2. The molecule has 0 saturated heterocycles. The Morgan fingerprint density at radius 3 is 2.63 bits per heavy atom. The van der Waals surface area contributed by atoms with Gasteiger partial charge in [-0.3, -0.25) is 9.98 Å². The van der Waals surface area contributed by atoms with E-state index in [1.807, 2.05) is 27.7 Å². The van der Waals surface area contributed by atoms with E-state index in [0.717, 1.165) is 27.6 Å². The summed E-state index contributed by atoms with van der Waals surface area (Å²) < 4.78 is 10.6. The molecule has 0 saturated carbocycles. The molecule has 0 amide bonds. The summed E-state index contributed by atoms with van der Waals surface area (Å²) in [5.74, 6) is 1.12. The number of thiazole rings is 1. The molecular weight excluding hydrogens is 517 g/mol. The molecule has 1 atom stereocenters. The minimum absolute atomic E-state index is 0. The van der Waals surface area contributed by atoms with Gasteiger partial charge in [0.25, 0.3) is 0 Å². The lowest BCUT2D eigenvalue weighted by molar-refractivity contribution is 0.0531. The molecule has 2 N–H and O–H groups in total. The van der Waals surface area contributed by atoms with Gasteiger partial charge in [0.1, 0.15) is 15.6 Å². The van der Waals surface area contributed by atoms with E-state index in [9.17, 15) is 4.79 Å². The number of nitrogens with one attached hydrogen (secondary N) is 2. The summed E-state index contributed by atoms with van der Waals surface area (Å²) in [7, 11) is 3.37. The quantitative estimate of drug-likeness (QED) is 0.236. The van der Waals surface area contributed by atoms with Crippen LogP contribution in [0.3, 0.4) is 0 Å². The molecule has 0 aliphatic heterocycles. The molecule has 30 heavy (non-hydrogen) atoms. The second kappa shape index (κ2) is 12.0. The third-order valence-electron chi connectivity index (χ3n) is 4.39. The van der Waals surface area contributed by atoms with Gasteiger partial charge in [0, 0.05) is 24.4 Å². The van der Waals surface area contributed by atoms with Crippen molar-refractivity contribution in [1.82, 2.24) is 20.6 Å². The van der Waals surface area contributed by atoms with Crippen molar-refractivity contribution in [1.29, 1.82) is 0 Å². The molecule has 0 aromatic carbocycles. The molecule has 0 spiro atoms. The van der Waals surface area contributed by atoms with Crippen LogP contribution in [0.25, 0.3) is 0 Å². The fourth-order valence-corrected chi connectivity index (χ4v) is 3.83. The van der Waals surface area contributed by atoms with E-state index in [4.69, 9.17) is 9.47 Å². The first-order valence-electron chi connectivity index (χ1n) is 9.42. The van der Waals surface area contributed by atoms with Crippen LogP contribution in [0.2, 0.25) is 0 Å². The number of nitrogens with zero attached hydrogens (tertiary/aromatic N) is 3. The van der Waals surface area contributed by atoms with Crippen molar-refractivity contribution in [2.75, 3.05) is 20.8 Å². The first-order valence-corrected chi connectivity index (χ1v) is 10.2. The van der Waals surface area contributed by atoms with Crippen LogP contribution >= 0.6 is 35.3 Å². The summed E-state index contributed by atoms with van der Waals surface area (Å²) in [5, 5.41) is 7.36. The molecule has 0 aliphatic rings. The predicted molar refractivity (Wildman–Crippen MR) is 130 cm³/mol. The van der Waals surface area contributed by atoms with Crippen LogP contribution < -0.4 is 15.4 Å². The van der Waals surface area contributed by atoms with Gasteiger partial charge in [-0.2, -0.15) is 0 Å². The van der Waals surface area contributed by atoms with Crippen LogP contribution in [0.4, 0.5) is 0 Å². The van der Waals surface area contributed by atoms with Gasteiger partial charge < -0.3 is 20.1 Å². The van der Waals surface area contributed by atoms with E-state index < -0.39 is 0 Å². The molecular formula is C20H30IN5O3S. The summed E-state index contributed by atoms with van der Waals surface area (Å²) in [6.07, 6.45) is 1.80. The third kappa shape index (κ3) is 6.27. The zero-order valence-electron chi connectivity index (χ0n) is 18.5. The number of carbonyl (C=O) groups excluding carboxylic acids is 1. The number of pyridine rings is 1. The highest BCUT2D eigenvalue weighted by Crippen LogP contribution is 2.25. The van der Waals surface area contributed by atoms with E-state index in [2.05, 4.69) is 25.6 Å². The van der Waals surface area contributed by atoms with Gasteiger partial charge in [0.05, 0.1) is 37.7 Å². The number of carbonyl (C=O) groups is 1. The first-order chi connectivity index (χ1) is 13.8. The zero-order chi connectivity index (χ0) is 21.6. The molecule has 0 radical (unpaired) electrons. The van der Waals surface area contributed by atoms with Crippen LogP contribution in [-0.4, -0.2) is 42.7 Å². The summed E-state index contributed by atoms with van der Waals surface area (Å²) in [4.78, 5) is 25.8. The number of guanidine groups is 1. The Hall–Kier alpha value is -1.95. The lowest BCUT2D eigenvalue weighted by Gasteiger charge is -2.17. The highest BCUT2D eigenvalue weighted by atomic mass is 127. The maximum absolute atomic E-state index is 12.0. The van der Waals surface area contributed by atoms with E-state index in [-0.39, 0.29) is 36.0 Å². The molecule has 2 heterocycles. The molecule has 2 aromatic rings. The van der Waals surface area contributed by atoms with Gasteiger partial charge in [-0.1, -0.05) is 0 Å².